The zero-order valence-corrected chi connectivity index (χ0v) is 12.7. The van der Waals surface area contributed by atoms with E-state index in [4.69, 9.17) is 4.42 Å². The normalized spacial score (nSPS) is 11.8. The zero-order valence-electron chi connectivity index (χ0n) is 11.9. The zero-order chi connectivity index (χ0) is 15.5. The maximum Gasteiger partial charge on any atom is 0.226 e. The van der Waals surface area contributed by atoms with E-state index < -0.39 is 10.0 Å². The lowest BCUT2D eigenvalue weighted by atomic mass is 10.2. The van der Waals surface area contributed by atoms with Crippen LogP contribution in [0, 0.1) is 12.7 Å². The van der Waals surface area contributed by atoms with Crippen molar-refractivity contribution < 1.29 is 17.2 Å². The lowest BCUT2D eigenvalue weighted by Gasteiger charge is -2.02. The molecule has 0 saturated heterocycles. The van der Waals surface area contributed by atoms with Gasteiger partial charge in [-0.15, -0.1) is 0 Å². The number of hydrogen-bond donors (Lipinski definition) is 1. The Bertz CT molecular complexity index is 708. The molecule has 0 aliphatic heterocycles. The molecule has 2 aromatic rings. The Balaban J connectivity index is 2.07. The van der Waals surface area contributed by atoms with Crippen LogP contribution in [-0.2, 0) is 16.4 Å². The van der Waals surface area contributed by atoms with Gasteiger partial charge in [0.25, 0.3) is 0 Å². The van der Waals surface area contributed by atoms with Crippen molar-refractivity contribution in [3.05, 3.63) is 41.5 Å². The van der Waals surface area contributed by atoms with Gasteiger partial charge < -0.3 is 4.42 Å². The van der Waals surface area contributed by atoms with E-state index in [0.717, 1.165) is 0 Å². The van der Waals surface area contributed by atoms with Crippen LogP contribution in [0.5, 0.6) is 0 Å². The third-order valence-corrected chi connectivity index (χ3v) is 4.45. The van der Waals surface area contributed by atoms with Gasteiger partial charge in [-0.2, -0.15) is 0 Å². The van der Waals surface area contributed by atoms with Gasteiger partial charge in [-0.1, -0.05) is 0 Å². The second kappa shape index (κ2) is 6.36. The smallest absolute Gasteiger partial charge is 0.226 e. The summed E-state index contributed by atoms with van der Waals surface area (Å²) in [5, 5.41) is 0. The summed E-state index contributed by atoms with van der Waals surface area (Å²) in [7, 11) is -3.20. The highest BCUT2D eigenvalue weighted by molar-refractivity contribution is 7.89. The van der Waals surface area contributed by atoms with Crippen LogP contribution in [0.15, 0.2) is 28.7 Å². The fraction of sp³-hybridized carbons (Fsp3) is 0.357. The maximum atomic E-state index is 12.9. The fourth-order valence-corrected chi connectivity index (χ4v) is 2.42. The second-order valence-electron chi connectivity index (χ2n) is 4.58. The molecule has 1 aromatic heterocycles. The first kappa shape index (κ1) is 15.7. The maximum absolute atomic E-state index is 12.9. The van der Waals surface area contributed by atoms with Crippen molar-refractivity contribution in [2.45, 2.75) is 20.3 Å². The summed E-state index contributed by atoms with van der Waals surface area (Å²) in [6, 6.07) is 5.85. The van der Waals surface area contributed by atoms with Gasteiger partial charge >= 0.3 is 0 Å². The Morgan fingerprint density at radius 1 is 1.29 bits per heavy atom. The Morgan fingerprint density at radius 3 is 2.57 bits per heavy atom. The van der Waals surface area contributed by atoms with Crippen LogP contribution >= 0.6 is 0 Å². The molecule has 0 saturated carbocycles. The summed E-state index contributed by atoms with van der Waals surface area (Å²) in [6.45, 7) is 3.62. The van der Waals surface area contributed by atoms with E-state index in [0.29, 0.717) is 29.3 Å². The lowest BCUT2D eigenvalue weighted by molar-refractivity contribution is 0.538. The standard InChI is InChI=1S/C14H17FN2O3S/c1-3-21(18,19)16-9-8-13-10(2)20-14(17-13)11-4-6-12(15)7-5-11/h4-7,16H,3,8-9H2,1-2H3. The summed E-state index contributed by atoms with van der Waals surface area (Å²) >= 11 is 0. The van der Waals surface area contributed by atoms with Crippen LogP contribution in [0.25, 0.3) is 11.5 Å². The topological polar surface area (TPSA) is 72.2 Å². The van der Waals surface area contributed by atoms with Crippen LogP contribution in [0.3, 0.4) is 0 Å². The molecular weight excluding hydrogens is 295 g/mol. The van der Waals surface area contributed by atoms with Gasteiger partial charge in [-0.05, 0) is 38.1 Å². The first-order valence-corrected chi connectivity index (χ1v) is 8.26. The summed E-state index contributed by atoms with van der Waals surface area (Å²) < 4.78 is 43.6. The summed E-state index contributed by atoms with van der Waals surface area (Å²) in [6.07, 6.45) is 0.440. The fourth-order valence-electron chi connectivity index (χ4n) is 1.80. The number of nitrogens with one attached hydrogen (secondary N) is 1. The van der Waals surface area contributed by atoms with Crippen LogP contribution in [0.2, 0.25) is 0 Å². The van der Waals surface area contributed by atoms with Crippen LogP contribution in [0.1, 0.15) is 18.4 Å². The number of aromatic nitrogens is 1. The highest BCUT2D eigenvalue weighted by atomic mass is 32.2. The first-order chi connectivity index (χ1) is 9.91. The molecule has 0 fully saturated rings. The molecule has 0 radical (unpaired) electrons. The van der Waals surface area contributed by atoms with Crippen molar-refractivity contribution in [1.82, 2.24) is 9.71 Å². The van der Waals surface area contributed by atoms with Crippen molar-refractivity contribution in [3.63, 3.8) is 0 Å². The van der Waals surface area contributed by atoms with Crippen molar-refractivity contribution in [2.75, 3.05) is 12.3 Å². The number of oxazole rings is 1. The van der Waals surface area contributed by atoms with E-state index in [1.165, 1.54) is 12.1 Å². The molecule has 21 heavy (non-hydrogen) atoms. The summed E-state index contributed by atoms with van der Waals surface area (Å²) in [5.74, 6) is 0.758. The van der Waals surface area contributed by atoms with Crippen LogP contribution < -0.4 is 4.72 Å². The SMILES string of the molecule is CCS(=O)(=O)NCCc1nc(-c2ccc(F)cc2)oc1C. The molecule has 0 aliphatic rings. The molecule has 114 valence electrons. The molecule has 0 spiro atoms. The summed E-state index contributed by atoms with van der Waals surface area (Å²) in [4.78, 5) is 4.33. The number of rotatable bonds is 6. The second-order valence-corrected chi connectivity index (χ2v) is 6.67. The largest absolute Gasteiger partial charge is 0.441 e. The third kappa shape index (κ3) is 4.12. The van der Waals surface area contributed by atoms with Crippen molar-refractivity contribution >= 4 is 10.0 Å². The van der Waals surface area contributed by atoms with Gasteiger partial charge in [-0.25, -0.2) is 22.5 Å². The van der Waals surface area contributed by atoms with E-state index >= 15 is 0 Å². The first-order valence-electron chi connectivity index (χ1n) is 6.61. The van der Waals surface area contributed by atoms with E-state index in [-0.39, 0.29) is 18.1 Å². The Hall–Kier alpha value is -1.73. The lowest BCUT2D eigenvalue weighted by Crippen LogP contribution is -2.27. The number of hydrogen-bond acceptors (Lipinski definition) is 4. The molecule has 0 unspecified atom stereocenters. The number of halogens is 1. The predicted octanol–water partition coefficient (Wildman–Crippen LogP) is 2.27. The Kier molecular flexibility index (Phi) is 4.74. The molecule has 1 N–H and O–H groups in total. The van der Waals surface area contributed by atoms with E-state index in [1.54, 1.807) is 26.0 Å². The third-order valence-electron chi connectivity index (χ3n) is 3.05. The van der Waals surface area contributed by atoms with E-state index in [2.05, 4.69) is 9.71 Å². The number of nitrogens with zero attached hydrogens (tertiary/aromatic N) is 1. The van der Waals surface area contributed by atoms with Crippen molar-refractivity contribution in [1.29, 1.82) is 0 Å². The molecule has 0 atom stereocenters. The van der Waals surface area contributed by atoms with Crippen molar-refractivity contribution in [2.24, 2.45) is 0 Å². The number of sulfonamides is 1. The summed E-state index contributed by atoms with van der Waals surface area (Å²) in [5.41, 5.74) is 1.37. The van der Waals surface area contributed by atoms with Gasteiger partial charge in [0.2, 0.25) is 15.9 Å². The minimum atomic E-state index is -3.20. The minimum Gasteiger partial charge on any atom is -0.441 e. The van der Waals surface area contributed by atoms with Crippen LogP contribution in [-0.4, -0.2) is 25.7 Å². The molecule has 0 aliphatic carbocycles. The van der Waals surface area contributed by atoms with Crippen LogP contribution in [0.4, 0.5) is 4.39 Å². The minimum absolute atomic E-state index is 0.0472. The molecule has 0 bridgehead atoms. The quantitative estimate of drug-likeness (QED) is 0.888. The molecule has 7 heteroatoms. The van der Waals surface area contributed by atoms with Crippen molar-refractivity contribution in [3.8, 4) is 11.5 Å². The highest BCUT2D eigenvalue weighted by Crippen LogP contribution is 2.22. The number of aryl methyl sites for hydroxylation is 1. The average Bonchev–Trinajstić information content (AvgIpc) is 2.81. The molecular formula is C14H17FN2O3S. The van der Waals surface area contributed by atoms with Gasteiger partial charge in [-0.3, -0.25) is 0 Å². The molecule has 1 heterocycles. The molecule has 5 nitrogen and oxygen atoms in total. The van der Waals surface area contributed by atoms with Gasteiger partial charge in [0.15, 0.2) is 0 Å². The van der Waals surface area contributed by atoms with E-state index in [1.807, 2.05) is 0 Å². The molecule has 2 rings (SSSR count). The highest BCUT2D eigenvalue weighted by Gasteiger charge is 2.12. The Labute approximate surface area is 123 Å². The van der Waals surface area contributed by atoms with Gasteiger partial charge in [0.05, 0.1) is 11.4 Å². The van der Waals surface area contributed by atoms with Gasteiger partial charge in [0, 0.05) is 18.5 Å². The van der Waals surface area contributed by atoms with E-state index in [9.17, 15) is 12.8 Å². The molecule has 1 aromatic carbocycles. The average molecular weight is 312 g/mol. The number of benzene rings is 1. The predicted molar refractivity (Wildman–Crippen MR) is 77.8 cm³/mol. The molecule has 0 amide bonds. The monoisotopic (exact) mass is 312 g/mol. The van der Waals surface area contributed by atoms with Gasteiger partial charge in [0.1, 0.15) is 11.6 Å². The Morgan fingerprint density at radius 2 is 1.95 bits per heavy atom.